The van der Waals surface area contributed by atoms with Crippen molar-refractivity contribution < 1.29 is 5.11 Å². The molecule has 1 aromatic rings. The summed E-state index contributed by atoms with van der Waals surface area (Å²) in [6.07, 6.45) is 1.92. The molecule has 0 atom stereocenters. The molecule has 1 N–H and O–H groups in total. The minimum atomic E-state index is 0.461. The number of hydrogen-bond acceptors (Lipinski definition) is 1. The van der Waals surface area contributed by atoms with E-state index < -0.39 is 0 Å². The molecule has 0 bridgehead atoms. The van der Waals surface area contributed by atoms with Crippen LogP contribution < -0.4 is 0 Å². The highest BCUT2D eigenvalue weighted by Gasteiger charge is 2.09. The van der Waals surface area contributed by atoms with Crippen LogP contribution in [0.15, 0.2) is 6.07 Å². The van der Waals surface area contributed by atoms with Crippen LogP contribution in [0.5, 0.6) is 5.75 Å². The van der Waals surface area contributed by atoms with E-state index in [1.807, 2.05) is 13.0 Å². The molecule has 0 aromatic heterocycles. The van der Waals surface area contributed by atoms with Crippen LogP contribution in [-0.4, -0.2) is 5.11 Å². The van der Waals surface area contributed by atoms with E-state index in [4.69, 9.17) is 0 Å². The Bertz CT molecular complexity index is 313. The number of aromatic hydroxyl groups is 1. The minimum absolute atomic E-state index is 0.461. The topological polar surface area (TPSA) is 20.2 Å². The van der Waals surface area contributed by atoms with Crippen molar-refractivity contribution >= 4 is 0 Å². The fourth-order valence-electron chi connectivity index (χ4n) is 1.89. The third-order valence-corrected chi connectivity index (χ3v) is 2.78. The van der Waals surface area contributed by atoms with Crippen LogP contribution in [0.4, 0.5) is 0 Å². The first-order valence-electron chi connectivity index (χ1n) is 4.92. The molecule has 1 aromatic carbocycles. The normalized spacial score (nSPS) is 10.5. The molecule has 0 spiro atoms. The third kappa shape index (κ3) is 1.69. The number of benzene rings is 1. The van der Waals surface area contributed by atoms with Gasteiger partial charge in [-0.3, -0.25) is 0 Å². The summed E-state index contributed by atoms with van der Waals surface area (Å²) in [5, 5.41) is 9.73. The molecule has 0 saturated carbocycles. The number of phenols is 1. The van der Waals surface area contributed by atoms with Crippen LogP contribution in [0.3, 0.4) is 0 Å². The first-order chi connectivity index (χ1) is 6.11. The van der Waals surface area contributed by atoms with Crippen molar-refractivity contribution in [3.63, 3.8) is 0 Å². The smallest absolute Gasteiger partial charge is 0.119 e. The van der Waals surface area contributed by atoms with E-state index in [-0.39, 0.29) is 0 Å². The molecule has 0 unspecified atom stereocenters. The van der Waals surface area contributed by atoms with Crippen molar-refractivity contribution in [2.45, 2.75) is 40.5 Å². The lowest BCUT2D eigenvalue weighted by molar-refractivity contribution is 0.467. The molecule has 1 nitrogen and oxygen atoms in total. The number of hydrogen-bond donors (Lipinski definition) is 1. The second kappa shape index (κ2) is 3.82. The largest absolute Gasteiger partial charge is 0.508 e. The van der Waals surface area contributed by atoms with Gasteiger partial charge in [-0.25, -0.2) is 0 Å². The highest BCUT2D eigenvalue weighted by Crippen LogP contribution is 2.28. The van der Waals surface area contributed by atoms with Gasteiger partial charge >= 0.3 is 0 Å². The van der Waals surface area contributed by atoms with E-state index in [2.05, 4.69) is 20.8 Å². The van der Waals surface area contributed by atoms with Gasteiger partial charge in [0.05, 0.1) is 0 Å². The molecule has 13 heavy (non-hydrogen) atoms. The maximum Gasteiger partial charge on any atom is 0.119 e. The van der Waals surface area contributed by atoms with E-state index in [0.717, 1.165) is 18.4 Å². The van der Waals surface area contributed by atoms with Crippen LogP contribution in [0.2, 0.25) is 0 Å². The van der Waals surface area contributed by atoms with Crippen molar-refractivity contribution in [3.8, 4) is 5.75 Å². The Balaban J connectivity index is 3.41. The van der Waals surface area contributed by atoms with Gasteiger partial charge in [-0.15, -0.1) is 0 Å². The highest BCUT2D eigenvalue weighted by molar-refractivity contribution is 5.48. The summed E-state index contributed by atoms with van der Waals surface area (Å²) >= 11 is 0. The van der Waals surface area contributed by atoms with E-state index in [9.17, 15) is 5.11 Å². The maximum atomic E-state index is 9.73. The van der Waals surface area contributed by atoms with E-state index in [0.29, 0.717) is 5.75 Å². The lowest BCUT2D eigenvalue weighted by atomic mass is 9.93. The minimum Gasteiger partial charge on any atom is -0.508 e. The molecule has 0 radical (unpaired) electrons. The third-order valence-electron chi connectivity index (χ3n) is 2.78. The monoisotopic (exact) mass is 178 g/mol. The second-order valence-corrected chi connectivity index (χ2v) is 3.50. The number of phenolic OH excluding ortho intramolecular Hbond substituents is 1. The van der Waals surface area contributed by atoms with Gasteiger partial charge < -0.3 is 5.11 Å². The van der Waals surface area contributed by atoms with Gasteiger partial charge in [0.25, 0.3) is 0 Å². The molecule has 0 aliphatic carbocycles. The van der Waals surface area contributed by atoms with Crippen molar-refractivity contribution in [3.05, 3.63) is 28.3 Å². The Morgan fingerprint density at radius 3 is 2.08 bits per heavy atom. The van der Waals surface area contributed by atoms with Gasteiger partial charge in [-0.2, -0.15) is 0 Å². The lowest BCUT2D eigenvalue weighted by Crippen LogP contribution is -1.97. The Morgan fingerprint density at radius 1 is 1.08 bits per heavy atom. The summed E-state index contributed by atoms with van der Waals surface area (Å²) in [5.41, 5.74) is 4.95. The first-order valence-corrected chi connectivity index (χ1v) is 4.92. The Hall–Kier alpha value is -0.980. The summed E-state index contributed by atoms with van der Waals surface area (Å²) in [7, 11) is 0. The predicted molar refractivity (Wildman–Crippen MR) is 56.3 cm³/mol. The van der Waals surface area contributed by atoms with Crippen molar-refractivity contribution in [2.24, 2.45) is 0 Å². The Morgan fingerprint density at radius 2 is 1.62 bits per heavy atom. The number of aryl methyl sites for hydroxylation is 1. The highest BCUT2D eigenvalue weighted by atomic mass is 16.3. The van der Waals surface area contributed by atoms with Crippen LogP contribution in [0.25, 0.3) is 0 Å². The Kier molecular flexibility index (Phi) is 2.97. The second-order valence-electron chi connectivity index (χ2n) is 3.50. The molecule has 0 aliphatic rings. The van der Waals surface area contributed by atoms with Gasteiger partial charge in [0.1, 0.15) is 5.75 Å². The molecule has 0 aliphatic heterocycles. The molecule has 0 amide bonds. The average Bonchev–Trinajstić information content (AvgIpc) is 2.10. The lowest BCUT2D eigenvalue weighted by Gasteiger charge is -2.14. The molecule has 1 heteroatoms. The Labute approximate surface area is 80.4 Å². The molecular weight excluding hydrogens is 160 g/mol. The summed E-state index contributed by atoms with van der Waals surface area (Å²) in [6, 6.07) is 1.87. The SMILES string of the molecule is CCc1c(O)cc(C)c(C)c1CC. The van der Waals surface area contributed by atoms with Crippen molar-refractivity contribution in [2.75, 3.05) is 0 Å². The summed E-state index contributed by atoms with van der Waals surface area (Å²) in [5.74, 6) is 0.461. The van der Waals surface area contributed by atoms with Gasteiger partial charge in [-0.05, 0) is 55.0 Å². The van der Waals surface area contributed by atoms with Crippen molar-refractivity contribution in [1.29, 1.82) is 0 Å². The van der Waals surface area contributed by atoms with E-state index >= 15 is 0 Å². The van der Waals surface area contributed by atoms with Gasteiger partial charge in [-0.1, -0.05) is 13.8 Å². The molecule has 72 valence electrons. The van der Waals surface area contributed by atoms with Crippen LogP contribution in [0.1, 0.15) is 36.1 Å². The molecule has 0 heterocycles. The average molecular weight is 178 g/mol. The van der Waals surface area contributed by atoms with Crippen LogP contribution in [0, 0.1) is 13.8 Å². The molecular formula is C12H18O. The zero-order valence-electron chi connectivity index (χ0n) is 8.94. The fourth-order valence-corrected chi connectivity index (χ4v) is 1.89. The zero-order valence-corrected chi connectivity index (χ0v) is 8.94. The van der Waals surface area contributed by atoms with Gasteiger partial charge in [0.15, 0.2) is 0 Å². The predicted octanol–water partition coefficient (Wildman–Crippen LogP) is 3.13. The number of rotatable bonds is 2. The molecule has 0 saturated heterocycles. The molecule has 0 fully saturated rings. The summed E-state index contributed by atoms with van der Waals surface area (Å²) in [4.78, 5) is 0. The van der Waals surface area contributed by atoms with E-state index in [1.165, 1.54) is 16.7 Å². The first kappa shape index (κ1) is 10.1. The quantitative estimate of drug-likeness (QED) is 0.737. The standard InChI is InChI=1S/C12H18O/c1-5-10-9(4)8(3)7-12(13)11(10)6-2/h7,13H,5-6H2,1-4H3. The maximum absolute atomic E-state index is 9.73. The molecule has 1 rings (SSSR count). The van der Waals surface area contributed by atoms with E-state index in [1.54, 1.807) is 0 Å². The van der Waals surface area contributed by atoms with Crippen molar-refractivity contribution in [1.82, 2.24) is 0 Å². The summed E-state index contributed by atoms with van der Waals surface area (Å²) in [6.45, 7) is 8.41. The van der Waals surface area contributed by atoms with Gasteiger partial charge in [0.2, 0.25) is 0 Å². The summed E-state index contributed by atoms with van der Waals surface area (Å²) < 4.78 is 0. The fraction of sp³-hybridized carbons (Fsp3) is 0.500. The van der Waals surface area contributed by atoms with Crippen LogP contribution >= 0.6 is 0 Å². The zero-order chi connectivity index (χ0) is 10.0. The van der Waals surface area contributed by atoms with Gasteiger partial charge in [0, 0.05) is 0 Å². The van der Waals surface area contributed by atoms with Crippen LogP contribution in [-0.2, 0) is 12.8 Å².